The second kappa shape index (κ2) is 5.57. The second-order valence-electron chi connectivity index (χ2n) is 5.12. The van der Waals surface area contributed by atoms with Gasteiger partial charge in [0.05, 0.1) is 19.1 Å². The number of carbonyl (C=O) groups excluding carboxylic acids is 1. The predicted molar refractivity (Wildman–Crippen MR) is 59.2 cm³/mol. The molecule has 0 bridgehead atoms. The molecule has 6 heteroatoms. The molecule has 0 aromatic heterocycles. The lowest BCUT2D eigenvalue weighted by atomic mass is 9.95. The highest BCUT2D eigenvalue weighted by Gasteiger charge is 2.41. The standard InChI is InChI=1S/C12H18F3NO2/c13-12(14,15)10-1-4-16(5-2-10)7-11(17)9-3-6-18-8-9/h9-10H,1-8H2. The number of ether oxygens (including phenoxy) is 1. The van der Waals surface area contributed by atoms with E-state index in [2.05, 4.69) is 0 Å². The maximum absolute atomic E-state index is 12.5. The molecular weight excluding hydrogens is 247 g/mol. The normalized spacial score (nSPS) is 27.6. The zero-order valence-electron chi connectivity index (χ0n) is 10.2. The zero-order valence-corrected chi connectivity index (χ0v) is 10.2. The molecule has 0 aliphatic carbocycles. The summed E-state index contributed by atoms with van der Waals surface area (Å²) >= 11 is 0. The SMILES string of the molecule is O=C(CN1CCC(C(F)(F)F)CC1)C1CCOC1. The number of piperidine rings is 1. The number of Topliss-reactive ketones (excluding diaryl/α,β-unsaturated/α-hetero) is 1. The van der Waals surface area contributed by atoms with Crippen molar-refractivity contribution in [3.05, 3.63) is 0 Å². The molecule has 2 rings (SSSR count). The monoisotopic (exact) mass is 265 g/mol. The first-order valence-corrected chi connectivity index (χ1v) is 6.36. The average Bonchev–Trinajstić information content (AvgIpc) is 2.82. The van der Waals surface area contributed by atoms with Crippen molar-refractivity contribution in [1.29, 1.82) is 0 Å². The summed E-state index contributed by atoms with van der Waals surface area (Å²) in [4.78, 5) is 13.7. The van der Waals surface area contributed by atoms with E-state index >= 15 is 0 Å². The minimum atomic E-state index is -4.09. The van der Waals surface area contributed by atoms with Crippen LogP contribution in [0.15, 0.2) is 0 Å². The van der Waals surface area contributed by atoms with E-state index in [4.69, 9.17) is 4.74 Å². The fourth-order valence-corrected chi connectivity index (χ4v) is 2.56. The maximum Gasteiger partial charge on any atom is 0.391 e. The Balaban J connectivity index is 1.75. The van der Waals surface area contributed by atoms with Crippen molar-refractivity contribution in [2.75, 3.05) is 32.8 Å². The summed E-state index contributed by atoms with van der Waals surface area (Å²) in [6.07, 6.45) is -3.12. The Labute approximate surface area is 104 Å². The van der Waals surface area contributed by atoms with Crippen LogP contribution in [0, 0.1) is 11.8 Å². The summed E-state index contributed by atoms with van der Waals surface area (Å²) in [5.74, 6) is -1.14. The highest BCUT2D eigenvalue weighted by atomic mass is 19.4. The molecule has 1 unspecified atom stereocenters. The second-order valence-corrected chi connectivity index (χ2v) is 5.12. The molecule has 2 saturated heterocycles. The van der Waals surface area contributed by atoms with Gasteiger partial charge >= 0.3 is 6.18 Å². The van der Waals surface area contributed by atoms with Gasteiger partial charge in [0, 0.05) is 12.5 Å². The zero-order chi connectivity index (χ0) is 13.2. The minimum absolute atomic E-state index is 0.0506. The molecule has 0 N–H and O–H groups in total. The van der Waals surface area contributed by atoms with Crippen molar-refractivity contribution >= 4 is 5.78 Å². The number of hydrogen-bond acceptors (Lipinski definition) is 3. The first kappa shape index (κ1) is 13.8. The lowest BCUT2D eigenvalue weighted by molar-refractivity contribution is -0.185. The van der Waals surface area contributed by atoms with Gasteiger partial charge in [-0.3, -0.25) is 9.69 Å². The largest absolute Gasteiger partial charge is 0.391 e. The van der Waals surface area contributed by atoms with Gasteiger partial charge in [-0.05, 0) is 32.4 Å². The summed E-state index contributed by atoms with van der Waals surface area (Å²) < 4.78 is 42.6. The summed E-state index contributed by atoms with van der Waals surface area (Å²) in [6, 6.07) is 0. The topological polar surface area (TPSA) is 29.5 Å². The van der Waals surface area contributed by atoms with Crippen molar-refractivity contribution in [3.63, 3.8) is 0 Å². The number of likely N-dealkylation sites (tertiary alicyclic amines) is 1. The van der Waals surface area contributed by atoms with Gasteiger partial charge in [-0.2, -0.15) is 13.2 Å². The van der Waals surface area contributed by atoms with Crippen LogP contribution in [0.25, 0.3) is 0 Å². The lowest BCUT2D eigenvalue weighted by Gasteiger charge is -2.32. The molecule has 0 spiro atoms. The number of nitrogens with zero attached hydrogens (tertiary/aromatic N) is 1. The molecule has 1 atom stereocenters. The van der Waals surface area contributed by atoms with Crippen LogP contribution in [0.2, 0.25) is 0 Å². The average molecular weight is 265 g/mol. The van der Waals surface area contributed by atoms with Gasteiger partial charge in [-0.25, -0.2) is 0 Å². The van der Waals surface area contributed by atoms with Gasteiger partial charge in [-0.1, -0.05) is 0 Å². The Bertz CT molecular complexity index is 292. The summed E-state index contributed by atoms with van der Waals surface area (Å²) in [5, 5.41) is 0. The number of alkyl halides is 3. The van der Waals surface area contributed by atoms with E-state index < -0.39 is 12.1 Å². The van der Waals surface area contributed by atoms with Gasteiger partial charge in [0.25, 0.3) is 0 Å². The molecule has 2 heterocycles. The minimum Gasteiger partial charge on any atom is -0.381 e. The number of carbonyl (C=O) groups is 1. The number of halogens is 3. The lowest BCUT2D eigenvalue weighted by Crippen LogP contribution is -2.42. The Morgan fingerprint density at radius 2 is 1.89 bits per heavy atom. The van der Waals surface area contributed by atoms with E-state index in [1.54, 1.807) is 0 Å². The Morgan fingerprint density at radius 1 is 1.22 bits per heavy atom. The van der Waals surface area contributed by atoms with Crippen molar-refractivity contribution < 1.29 is 22.7 Å². The molecule has 0 aromatic rings. The highest BCUT2D eigenvalue weighted by Crippen LogP contribution is 2.34. The van der Waals surface area contributed by atoms with Gasteiger partial charge in [-0.15, -0.1) is 0 Å². The van der Waals surface area contributed by atoms with Crippen molar-refractivity contribution in [3.8, 4) is 0 Å². The van der Waals surface area contributed by atoms with E-state index in [0.717, 1.165) is 6.42 Å². The molecule has 18 heavy (non-hydrogen) atoms. The first-order valence-electron chi connectivity index (χ1n) is 6.36. The van der Waals surface area contributed by atoms with Crippen LogP contribution in [0.1, 0.15) is 19.3 Å². The van der Waals surface area contributed by atoms with Crippen molar-refractivity contribution in [2.24, 2.45) is 11.8 Å². The van der Waals surface area contributed by atoms with Gasteiger partial charge in [0.15, 0.2) is 5.78 Å². The van der Waals surface area contributed by atoms with Crippen molar-refractivity contribution in [2.45, 2.75) is 25.4 Å². The van der Waals surface area contributed by atoms with E-state index in [-0.39, 0.29) is 31.1 Å². The molecule has 3 nitrogen and oxygen atoms in total. The fraction of sp³-hybridized carbons (Fsp3) is 0.917. The van der Waals surface area contributed by atoms with Crippen molar-refractivity contribution in [1.82, 2.24) is 4.90 Å². The highest BCUT2D eigenvalue weighted by molar-refractivity contribution is 5.83. The summed E-state index contributed by atoms with van der Waals surface area (Å²) in [5.41, 5.74) is 0. The molecule has 0 amide bonds. The molecule has 104 valence electrons. The molecule has 0 saturated carbocycles. The van der Waals surface area contributed by atoms with Crippen LogP contribution in [0.5, 0.6) is 0 Å². The quantitative estimate of drug-likeness (QED) is 0.780. The number of hydrogen-bond donors (Lipinski definition) is 0. The Morgan fingerprint density at radius 3 is 2.39 bits per heavy atom. The molecule has 2 fully saturated rings. The fourth-order valence-electron chi connectivity index (χ4n) is 2.56. The molecule has 2 aliphatic heterocycles. The molecule has 0 radical (unpaired) electrons. The van der Waals surface area contributed by atoms with Gasteiger partial charge in [0.1, 0.15) is 0 Å². The van der Waals surface area contributed by atoms with Crippen LogP contribution in [-0.4, -0.2) is 49.7 Å². The summed E-state index contributed by atoms with van der Waals surface area (Å²) in [7, 11) is 0. The molecule has 2 aliphatic rings. The van der Waals surface area contributed by atoms with E-state index in [1.807, 2.05) is 4.90 Å². The molecule has 0 aromatic carbocycles. The molecular formula is C12H18F3NO2. The third-order valence-electron chi connectivity index (χ3n) is 3.81. The first-order chi connectivity index (χ1) is 8.47. The maximum atomic E-state index is 12.5. The van der Waals surface area contributed by atoms with E-state index in [9.17, 15) is 18.0 Å². The summed E-state index contributed by atoms with van der Waals surface area (Å²) in [6.45, 7) is 2.09. The predicted octanol–water partition coefficient (Wildman–Crippen LogP) is 1.87. The van der Waals surface area contributed by atoms with Gasteiger partial charge in [0.2, 0.25) is 0 Å². The third kappa shape index (κ3) is 3.45. The smallest absolute Gasteiger partial charge is 0.381 e. The Kier molecular flexibility index (Phi) is 4.27. The van der Waals surface area contributed by atoms with Crippen LogP contribution in [0.4, 0.5) is 13.2 Å². The third-order valence-corrected chi connectivity index (χ3v) is 3.81. The van der Waals surface area contributed by atoms with E-state index in [1.165, 1.54) is 0 Å². The van der Waals surface area contributed by atoms with Gasteiger partial charge < -0.3 is 4.74 Å². The van der Waals surface area contributed by atoms with Crippen LogP contribution in [0.3, 0.4) is 0 Å². The van der Waals surface area contributed by atoms with Crippen LogP contribution in [-0.2, 0) is 9.53 Å². The van der Waals surface area contributed by atoms with Crippen LogP contribution < -0.4 is 0 Å². The van der Waals surface area contributed by atoms with Crippen LogP contribution >= 0.6 is 0 Å². The number of rotatable bonds is 3. The Hall–Kier alpha value is -0.620. The number of ketones is 1. The van der Waals surface area contributed by atoms with E-state index in [0.29, 0.717) is 26.3 Å².